The Bertz CT molecular complexity index is 325. The second kappa shape index (κ2) is 16.6. The van der Waals surface area contributed by atoms with Crippen molar-refractivity contribution in [1.29, 1.82) is 0 Å². The molecule has 0 saturated heterocycles. The normalized spacial score (nSPS) is 11.3. The van der Waals surface area contributed by atoms with Crippen molar-refractivity contribution in [2.75, 3.05) is 26.4 Å². The third-order valence-corrected chi connectivity index (χ3v) is 3.02. The average Bonchev–Trinajstić information content (AvgIpc) is 2.46. The molecule has 0 rings (SSSR count). The predicted molar refractivity (Wildman–Crippen MR) is 81.1 cm³/mol. The minimum atomic E-state index is -0.877. The largest absolute Gasteiger partial charge is 1.00 e. The Morgan fingerprint density at radius 1 is 1.18 bits per heavy atom. The number of rotatable bonds is 14. The van der Waals surface area contributed by atoms with Gasteiger partial charge in [0.25, 0.3) is 0 Å². The number of carboxylic acid groups (broad SMARTS) is 1. The zero-order valence-electron chi connectivity index (χ0n) is 13.7. The topological polar surface area (TPSA) is 96.2 Å². The van der Waals surface area contributed by atoms with E-state index in [1.54, 1.807) is 4.90 Å². The first kappa shape index (κ1) is 23.5. The van der Waals surface area contributed by atoms with E-state index in [0.29, 0.717) is 25.9 Å². The molecule has 0 aliphatic heterocycles. The number of nitrogens with zero attached hydrogens (tertiary/aromatic N) is 2. The van der Waals surface area contributed by atoms with Gasteiger partial charge in [-0.25, -0.2) is 0 Å². The Labute approximate surface area is 145 Å². The Balaban J connectivity index is 0. The van der Waals surface area contributed by atoms with Crippen molar-refractivity contribution < 1.29 is 39.0 Å². The smallest absolute Gasteiger partial charge is 0.862 e. The van der Waals surface area contributed by atoms with E-state index >= 15 is 0 Å². The maximum absolute atomic E-state index is 11.6. The summed E-state index contributed by atoms with van der Waals surface area (Å²) in [6.45, 7) is 4.78. The summed E-state index contributed by atoms with van der Waals surface area (Å²) in [6, 6.07) is 0. The summed E-state index contributed by atoms with van der Waals surface area (Å²) in [4.78, 5) is 16.3. The van der Waals surface area contributed by atoms with E-state index in [-0.39, 0.29) is 44.5 Å². The van der Waals surface area contributed by atoms with Gasteiger partial charge in [0.15, 0.2) is 0 Å². The van der Waals surface area contributed by atoms with Gasteiger partial charge in [0.05, 0.1) is 13.1 Å². The van der Waals surface area contributed by atoms with Crippen molar-refractivity contribution in [3.63, 3.8) is 0 Å². The van der Waals surface area contributed by atoms with Crippen molar-refractivity contribution >= 4 is 11.9 Å². The van der Waals surface area contributed by atoms with Crippen LogP contribution in [0.25, 0.3) is 0 Å². The molecule has 0 heterocycles. The summed E-state index contributed by atoms with van der Waals surface area (Å²) in [5.74, 6) is -1.02. The fourth-order valence-corrected chi connectivity index (χ4v) is 1.80. The average molecular weight is 306 g/mol. The third-order valence-electron chi connectivity index (χ3n) is 3.02. The second-order valence-electron chi connectivity index (χ2n) is 4.92. The molecule has 0 unspecified atom stereocenters. The van der Waals surface area contributed by atoms with Crippen LogP contribution in [0.1, 0.15) is 44.9 Å². The maximum atomic E-state index is 11.6. The van der Waals surface area contributed by atoms with Crippen LogP contribution in [-0.4, -0.2) is 53.3 Å². The first-order valence-corrected chi connectivity index (χ1v) is 7.46. The number of hydrogen-bond acceptors (Lipinski definition) is 5. The summed E-state index contributed by atoms with van der Waals surface area (Å²) < 4.78 is 0. The molecule has 122 valence electrons. The first-order valence-electron chi connectivity index (χ1n) is 7.46. The van der Waals surface area contributed by atoms with Gasteiger partial charge in [0.1, 0.15) is 0 Å². The fourth-order valence-electron chi connectivity index (χ4n) is 1.80. The Morgan fingerprint density at radius 2 is 1.91 bits per heavy atom. The van der Waals surface area contributed by atoms with Gasteiger partial charge in [0.2, 0.25) is 0 Å². The monoisotopic (exact) mass is 306 g/mol. The first-order chi connectivity index (χ1) is 10.1. The van der Waals surface area contributed by atoms with Crippen LogP contribution in [0.4, 0.5) is 0 Å². The van der Waals surface area contributed by atoms with Gasteiger partial charge >= 0.3 is 24.8 Å². The van der Waals surface area contributed by atoms with E-state index in [2.05, 4.69) is 11.6 Å². The van der Waals surface area contributed by atoms with Gasteiger partial charge in [-0.1, -0.05) is 12.5 Å². The molecule has 0 amide bonds. The SMILES string of the molecule is C=CCCCCCC([O-])=NCN(CCCO)CCC(=O)O.[Li+]. The summed E-state index contributed by atoms with van der Waals surface area (Å²) >= 11 is 0. The third kappa shape index (κ3) is 15.6. The number of aliphatic hydroxyl groups is 1. The van der Waals surface area contributed by atoms with E-state index in [1.165, 1.54) is 0 Å². The van der Waals surface area contributed by atoms with Crippen molar-refractivity contribution in [2.24, 2.45) is 4.99 Å². The van der Waals surface area contributed by atoms with Gasteiger partial charge in [0, 0.05) is 19.7 Å². The Hall–Kier alpha value is -0.803. The van der Waals surface area contributed by atoms with Crippen molar-refractivity contribution in [2.45, 2.75) is 44.9 Å². The molecule has 0 radical (unpaired) electrons. The molecule has 0 aromatic heterocycles. The molecule has 0 fully saturated rings. The van der Waals surface area contributed by atoms with E-state index in [9.17, 15) is 9.90 Å². The minimum Gasteiger partial charge on any atom is -0.862 e. The van der Waals surface area contributed by atoms with Gasteiger partial charge < -0.3 is 15.3 Å². The molecule has 6 nitrogen and oxygen atoms in total. The van der Waals surface area contributed by atoms with E-state index in [0.717, 1.165) is 25.7 Å². The van der Waals surface area contributed by atoms with Crippen molar-refractivity contribution in [3.8, 4) is 0 Å². The van der Waals surface area contributed by atoms with E-state index < -0.39 is 5.97 Å². The molecule has 0 bridgehead atoms. The summed E-state index contributed by atoms with van der Waals surface area (Å²) in [5, 5.41) is 29.1. The molecule has 0 aromatic carbocycles. The number of hydrogen-bond donors (Lipinski definition) is 2. The van der Waals surface area contributed by atoms with Crippen LogP contribution in [0, 0.1) is 0 Å². The van der Waals surface area contributed by atoms with Crippen LogP contribution in [0.2, 0.25) is 0 Å². The molecule has 0 spiro atoms. The van der Waals surface area contributed by atoms with Crippen LogP contribution in [0.3, 0.4) is 0 Å². The van der Waals surface area contributed by atoms with E-state index in [1.807, 2.05) is 6.08 Å². The molecule has 0 aromatic rings. The fraction of sp³-hybridized carbons (Fsp3) is 0.733. The zero-order valence-corrected chi connectivity index (χ0v) is 13.7. The number of unbranched alkanes of at least 4 members (excludes halogenated alkanes) is 3. The Kier molecular flexibility index (Phi) is 17.7. The molecule has 22 heavy (non-hydrogen) atoms. The van der Waals surface area contributed by atoms with Gasteiger partial charge in [-0.15, -0.1) is 6.58 Å². The van der Waals surface area contributed by atoms with Gasteiger partial charge in [-0.05, 0) is 38.0 Å². The van der Waals surface area contributed by atoms with Crippen LogP contribution < -0.4 is 24.0 Å². The number of allylic oxidation sites excluding steroid dienone is 1. The Morgan fingerprint density at radius 3 is 2.50 bits per heavy atom. The number of aliphatic hydroxyl groups excluding tert-OH is 1. The summed E-state index contributed by atoms with van der Waals surface area (Å²) in [7, 11) is 0. The number of aliphatic imine (C=N–C) groups is 1. The maximum Gasteiger partial charge on any atom is 1.00 e. The molecule has 7 heteroatoms. The zero-order chi connectivity index (χ0) is 15.9. The quantitative estimate of drug-likeness (QED) is 0.127. The van der Waals surface area contributed by atoms with Crippen LogP contribution in [0.5, 0.6) is 0 Å². The van der Waals surface area contributed by atoms with Gasteiger partial charge in [-0.3, -0.25) is 14.7 Å². The molecule has 2 N–H and O–H groups in total. The van der Waals surface area contributed by atoms with Crippen LogP contribution in [0.15, 0.2) is 17.6 Å². The second-order valence-corrected chi connectivity index (χ2v) is 4.92. The van der Waals surface area contributed by atoms with Crippen LogP contribution in [-0.2, 0) is 4.79 Å². The number of aliphatic carboxylic acids is 1. The molecular weight excluding hydrogens is 279 g/mol. The predicted octanol–water partition coefficient (Wildman–Crippen LogP) is -2.00. The number of carboxylic acids is 1. The molecule has 0 aliphatic carbocycles. The number of carbonyl (C=O) groups is 1. The van der Waals surface area contributed by atoms with Crippen molar-refractivity contribution in [1.82, 2.24) is 4.90 Å². The minimum absolute atomic E-state index is 0. The van der Waals surface area contributed by atoms with Gasteiger partial charge in [-0.2, -0.15) is 0 Å². The standard InChI is InChI=1S/C15H28N2O4.Li/c1-2-3-4-5-6-8-14(19)16-13-17(10-7-12-18)11-9-15(20)21;/h2,18H,1,3-13H2,(H,16,19)(H,20,21);/q;+1/p-1. The van der Waals surface area contributed by atoms with Crippen molar-refractivity contribution in [3.05, 3.63) is 12.7 Å². The molecule has 0 aliphatic rings. The molecule has 0 atom stereocenters. The molecular formula is C15H27LiN2O4. The van der Waals surface area contributed by atoms with Crippen LogP contribution >= 0.6 is 0 Å². The van der Waals surface area contributed by atoms with E-state index in [4.69, 9.17) is 10.2 Å². The summed E-state index contributed by atoms with van der Waals surface area (Å²) in [5.41, 5.74) is 0. The summed E-state index contributed by atoms with van der Waals surface area (Å²) in [6.07, 6.45) is 6.68. The molecule has 0 saturated carbocycles.